The molecule has 1 aliphatic rings. The number of anilines is 1. The van der Waals surface area contributed by atoms with E-state index >= 15 is 0 Å². The molecule has 2 heterocycles. The molecule has 1 aromatic carbocycles. The van der Waals surface area contributed by atoms with E-state index in [2.05, 4.69) is 11.4 Å². The Labute approximate surface area is 127 Å². The second kappa shape index (κ2) is 6.12. The largest absolute Gasteiger partial charge is 0.367 e. The van der Waals surface area contributed by atoms with Crippen molar-refractivity contribution in [3.8, 4) is 0 Å². The molecule has 2 nitrogen and oxygen atoms in total. The van der Waals surface area contributed by atoms with Crippen LogP contribution in [0.4, 0.5) is 14.5 Å². The number of benzene rings is 1. The Morgan fingerprint density at radius 1 is 1.24 bits per heavy atom. The fourth-order valence-corrected chi connectivity index (χ4v) is 3.85. The summed E-state index contributed by atoms with van der Waals surface area (Å²) in [5, 5.41) is 2.06. The summed E-state index contributed by atoms with van der Waals surface area (Å²) in [5.41, 5.74) is 6.44. The van der Waals surface area contributed by atoms with Gasteiger partial charge in [0, 0.05) is 30.1 Å². The zero-order valence-electron chi connectivity index (χ0n) is 11.6. The first-order valence-electron chi connectivity index (χ1n) is 7.10. The minimum Gasteiger partial charge on any atom is -0.367 e. The maximum absolute atomic E-state index is 13.9. The molecule has 0 saturated carbocycles. The van der Waals surface area contributed by atoms with Gasteiger partial charge in [0.05, 0.1) is 5.69 Å². The van der Waals surface area contributed by atoms with Gasteiger partial charge < -0.3 is 10.6 Å². The van der Waals surface area contributed by atoms with Crippen LogP contribution in [0.25, 0.3) is 0 Å². The molecule has 5 heteroatoms. The topological polar surface area (TPSA) is 29.3 Å². The first-order valence-corrected chi connectivity index (χ1v) is 7.98. The lowest BCUT2D eigenvalue weighted by molar-refractivity contribution is 0.373. The van der Waals surface area contributed by atoms with Gasteiger partial charge in [0.25, 0.3) is 0 Å². The van der Waals surface area contributed by atoms with Crippen molar-refractivity contribution in [2.45, 2.75) is 18.9 Å². The second-order valence-corrected chi connectivity index (χ2v) is 6.68. The van der Waals surface area contributed by atoms with Crippen molar-refractivity contribution < 1.29 is 8.78 Å². The number of nitrogens with two attached hydrogens (primary N) is 1. The van der Waals surface area contributed by atoms with Gasteiger partial charge in [-0.2, -0.15) is 0 Å². The first kappa shape index (κ1) is 14.5. The van der Waals surface area contributed by atoms with Gasteiger partial charge in [-0.25, -0.2) is 8.78 Å². The van der Waals surface area contributed by atoms with Crippen LogP contribution in [0.1, 0.15) is 11.3 Å². The summed E-state index contributed by atoms with van der Waals surface area (Å²) in [6, 6.07) is 7.72. The SMILES string of the molecule is NC1CC(Cc2cccs2)CN(c2cc(F)ccc2F)C1. The predicted octanol–water partition coefficient (Wildman–Crippen LogP) is 3.42. The van der Waals surface area contributed by atoms with E-state index in [1.165, 1.54) is 17.0 Å². The van der Waals surface area contributed by atoms with Gasteiger partial charge in [0.2, 0.25) is 0 Å². The Hall–Kier alpha value is -1.46. The molecule has 3 rings (SSSR count). The molecule has 2 unspecified atom stereocenters. The average molecular weight is 308 g/mol. The van der Waals surface area contributed by atoms with Crippen molar-refractivity contribution >= 4 is 17.0 Å². The molecule has 2 N–H and O–H groups in total. The number of hydrogen-bond donors (Lipinski definition) is 1. The van der Waals surface area contributed by atoms with E-state index in [0.717, 1.165) is 18.9 Å². The van der Waals surface area contributed by atoms with Crippen LogP contribution in [0, 0.1) is 17.6 Å². The highest BCUT2D eigenvalue weighted by Gasteiger charge is 2.27. The van der Waals surface area contributed by atoms with Crippen molar-refractivity contribution in [3.05, 3.63) is 52.2 Å². The Kier molecular flexibility index (Phi) is 4.22. The standard InChI is InChI=1S/C16H18F2N2S/c17-12-3-4-15(18)16(8-12)20-9-11(6-13(19)10-20)7-14-2-1-5-21-14/h1-5,8,11,13H,6-7,9-10,19H2. The van der Waals surface area contributed by atoms with Crippen LogP contribution in [0.3, 0.4) is 0 Å². The highest BCUT2D eigenvalue weighted by atomic mass is 32.1. The van der Waals surface area contributed by atoms with E-state index in [9.17, 15) is 8.78 Å². The smallest absolute Gasteiger partial charge is 0.146 e. The molecular weight excluding hydrogens is 290 g/mol. The van der Waals surface area contributed by atoms with Crippen molar-refractivity contribution in [1.29, 1.82) is 0 Å². The Morgan fingerprint density at radius 2 is 2.10 bits per heavy atom. The maximum atomic E-state index is 13.9. The zero-order valence-corrected chi connectivity index (χ0v) is 12.5. The van der Waals surface area contributed by atoms with Gasteiger partial charge >= 0.3 is 0 Å². The molecule has 1 saturated heterocycles. The lowest BCUT2D eigenvalue weighted by Crippen LogP contribution is -2.48. The van der Waals surface area contributed by atoms with Crippen molar-refractivity contribution in [2.75, 3.05) is 18.0 Å². The number of nitrogens with zero attached hydrogens (tertiary/aromatic N) is 1. The van der Waals surface area contributed by atoms with E-state index < -0.39 is 5.82 Å². The predicted molar refractivity (Wildman–Crippen MR) is 82.7 cm³/mol. The average Bonchev–Trinajstić information content (AvgIpc) is 2.93. The van der Waals surface area contributed by atoms with E-state index in [1.807, 2.05) is 11.0 Å². The van der Waals surface area contributed by atoms with Crippen LogP contribution in [0.2, 0.25) is 0 Å². The van der Waals surface area contributed by atoms with E-state index in [0.29, 0.717) is 24.7 Å². The lowest BCUT2D eigenvalue weighted by Gasteiger charge is -2.38. The number of thiophene rings is 1. The third-order valence-corrected chi connectivity index (χ3v) is 4.79. The zero-order chi connectivity index (χ0) is 14.8. The summed E-state index contributed by atoms with van der Waals surface area (Å²) in [7, 11) is 0. The molecule has 21 heavy (non-hydrogen) atoms. The van der Waals surface area contributed by atoms with Gasteiger partial charge in [0.15, 0.2) is 0 Å². The van der Waals surface area contributed by atoms with Crippen LogP contribution in [-0.4, -0.2) is 19.1 Å². The third kappa shape index (κ3) is 3.41. The molecule has 1 aromatic heterocycles. The monoisotopic (exact) mass is 308 g/mol. The number of halogens is 2. The van der Waals surface area contributed by atoms with Gasteiger partial charge in [-0.05, 0) is 42.3 Å². The first-order chi connectivity index (χ1) is 10.1. The summed E-state index contributed by atoms with van der Waals surface area (Å²) in [4.78, 5) is 3.19. The summed E-state index contributed by atoms with van der Waals surface area (Å²) in [6.07, 6.45) is 1.87. The minimum absolute atomic E-state index is 0.00798. The molecule has 0 radical (unpaired) electrons. The van der Waals surface area contributed by atoms with Crippen LogP contribution in [0.5, 0.6) is 0 Å². The Morgan fingerprint density at radius 3 is 2.86 bits per heavy atom. The number of piperidine rings is 1. The quantitative estimate of drug-likeness (QED) is 0.941. The van der Waals surface area contributed by atoms with Gasteiger partial charge in [-0.1, -0.05) is 6.07 Å². The van der Waals surface area contributed by atoms with E-state index in [1.54, 1.807) is 11.3 Å². The van der Waals surface area contributed by atoms with Crippen LogP contribution in [-0.2, 0) is 6.42 Å². The molecule has 0 spiro atoms. The molecular formula is C16H18F2N2S. The third-order valence-electron chi connectivity index (χ3n) is 3.89. The summed E-state index contributed by atoms with van der Waals surface area (Å²) in [5.74, 6) is -0.434. The van der Waals surface area contributed by atoms with Crippen molar-refractivity contribution in [2.24, 2.45) is 11.7 Å². The molecule has 0 bridgehead atoms. The Bertz CT molecular complexity index is 600. The van der Waals surface area contributed by atoms with Gasteiger partial charge in [0.1, 0.15) is 11.6 Å². The summed E-state index contributed by atoms with van der Waals surface area (Å²) in [6.45, 7) is 1.29. The molecule has 2 atom stereocenters. The van der Waals surface area contributed by atoms with Crippen molar-refractivity contribution in [1.82, 2.24) is 0 Å². The molecule has 2 aromatic rings. The highest BCUT2D eigenvalue weighted by Crippen LogP contribution is 2.28. The molecule has 1 aliphatic heterocycles. The number of rotatable bonds is 3. The Balaban J connectivity index is 1.77. The van der Waals surface area contributed by atoms with Crippen LogP contribution < -0.4 is 10.6 Å². The van der Waals surface area contributed by atoms with E-state index in [4.69, 9.17) is 5.73 Å². The van der Waals surface area contributed by atoms with Gasteiger partial charge in [-0.15, -0.1) is 11.3 Å². The summed E-state index contributed by atoms with van der Waals surface area (Å²) < 4.78 is 27.3. The van der Waals surface area contributed by atoms with Gasteiger partial charge in [-0.3, -0.25) is 0 Å². The highest BCUT2D eigenvalue weighted by molar-refractivity contribution is 7.09. The fraction of sp³-hybridized carbons (Fsp3) is 0.375. The molecule has 0 aliphatic carbocycles. The minimum atomic E-state index is -0.416. The molecule has 1 fully saturated rings. The van der Waals surface area contributed by atoms with Crippen LogP contribution >= 0.6 is 11.3 Å². The number of hydrogen-bond acceptors (Lipinski definition) is 3. The molecule has 112 valence electrons. The summed E-state index contributed by atoms with van der Waals surface area (Å²) >= 11 is 1.73. The fourth-order valence-electron chi connectivity index (χ4n) is 3.03. The van der Waals surface area contributed by atoms with Crippen molar-refractivity contribution in [3.63, 3.8) is 0 Å². The van der Waals surface area contributed by atoms with E-state index in [-0.39, 0.29) is 11.9 Å². The maximum Gasteiger partial charge on any atom is 0.146 e. The second-order valence-electron chi connectivity index (χ2n) is 5.65. The van der Waals surface area contributed by atoms with Crippen LogP contribution in [0.15, 0.2) is 35.7 Å². The normalized spacial score (nSPS) is 22.5. The lowest BCUT2D eigenvalue weighted by atomic mass is 9.91. The molecule has 0 amide bonds.